The number of benzene rings is 1. The van der Waals surface area contributed by atoms with E-state index >= 15 is 0 Å². The lowest BCUT2D eigenvalue weighted by atomic mass is 10.1. The third-order valence-corrected chi connectivity index (χ3v) is 3.25. The van der Waals surface area contributed by atoms with Gasteiger partial charge in [0.1, 0.15) is 5.75 Å². The molecule has 1 N–H and O–H groups in total. The van der Waals surface area contributed by atoms with Crippen LogP contribution in [0.25, 0.3) is 0 Å². The van der Waals surface area contributed by atoms with Crippen molar-refractivity contribution in [3.63, 3.8) is 0 Å². The van der Waals surface area contributed by atoms with Crippen molar-refractivity contribution in [2.24, 2.45) is 0 Å². The van der Waals surface area contributed by atoms with Crippen LogP contribution in [0.5, 0.6) is 5.75 Å². The summed E-state index contributed by atoms with van der Waals surface area (Å²) in [5.74, 6) is 0.768. The van der Waals surface area contributed by atoms with Crippen molar-refractivity contribution in [3.05, 3.63) is 57.5 Å². The fourth-order valence-electron chi connectivity index (χ4n) is 2.14. The Kier molecular flexibility index (Phi) is 5.11. The first-order valence-corrected chi connectivity index (χ1v) is 7.04. The van der Waals surface area contributed by atoms with Crippen LogP contribution >= 0.6 is 0 Å². The number of ether oxygens (including phenoxy) is 1. The van der Waals surface area contributed by atoms with Gasteiger partial charge in [-0.1, -0.05) is 13.0 Å². The van der Waals surface area contributed by atoms with Gasteiger partial charge in [0.15, 0.2) is 0 Å². The van der Waals surface area contributed by atoms with Crippen molar-refractivity contribution < 1.29 is 4.74 Å². The van der Waals surface area contributed by atoms with Gasteiger partial charge in [-0.15, -0.1) is 0 Å². The van der Waals surface area contributed by atoms with Crippen LogP contribution in [0.15, 0.2) is 35.3 Å². The van der Waals surface area contributed by atoms with Crippen LogP contribution in [0.3, 0.4) is 0 Å². The molecule has 0 amide bonds. The molecule has 0 atom stereocenters. The van der Waals surface area contributed by atoms with Crippen LogP contribution in [0, 0.1) is 6.92 Å². The largest absolute Gasteiger partial charge is 0.496 e. The van der Waals surface area contributed by atoms with Crippen LogP contribution in [0.2, 0.25) is 0 Å². The first kappa shape index (κ1) is 15.3. The summed E-state index contributed by atoms with van der Waals surface area (Å²) in [6.07, 6.45) is 1.69. The summed E-state index contributed by atoms with van der Waals surface area (Å²) in [5, 5.41) is 7.46. The highest BCUT2D eigenvalue weighted by atomic mass is 16.5. The summed E-state index contributed by atoms with van der Waals surface area (Å²) in [6, 6.07) is 7.59. The molecule has 0 aliphatic heterocycles. The molecule has 0 aliphatic rings. The van der Waals surface area contributed by atoms with Gasteiger partial charge in [0.2, 0.25) is 0 Å². The highest BCUT2D eigenvalue weighted by Crippen LogP contribution is 2.20. The second-order valence-electron chi connectivity index (χ2n) is 4.96. The van der Waals surface area contributed by atoms with E-state index in [1.165, 1.54) is 4.68 Å². The number of aryl methyl sites for hydroxylation is 1. The van der Waals surface area contributed by atoms with E-state index in [2.05, 4.69) is 23.4 Å². The van der Waals surface area contributed by atoms with E-state index in [-0.39, 0.29) is 5.56 Å². The molecule has 21 heavy (non-hydrogen) atoms. The summed E-state index contributed by atoms with van der Waals surface area (Å²) in [5.41, 5.74) is 2.87. The van der Waals surface area contributed by atoms with E-state index in [1.54, 1.807) is 19.4 Å². The quantitative estimate of drug-likeness (QED) is 0.879. The lowest BCUT2D eigenvalue weighted by Gasteiger charge is -2.12. The predicted molar refractivity (Wildman–Crippen MR) is 82.7 cm³/mol. The summed E-state index contributed by atoms with van der Waals surface area (Å²) >= 11 is 0. The molecule has 0 spiro atoms. The average Bonchev–Trinajstić information content (AvgIpc) is 2.48. The Morgan fingerprint density at radius 2 is 2.14 bits per heavy atom. The molecular weight excluding hydrogens is 266 g/mol. The monoisotopic (exact) mass is 287 g/mol. The van der Waals surface area contributed by atoms with Crippen molar-refractivity contribution in [2.75, 3.05) is 13.7 Å². The van der Waals surface area contributed by atoms with Crippen LogP contribution in [-0.4, -0.2) is 23.4 Å². The molecular formula is C16H21N3O2. The number of nitrogens with zero attached hydrogens (tertiary/aromatic N) is 2. The van der Waals surface area contributed by atoms with E-state index < -0.39 is 0 Å². The summed E-state index contributed by atoms with van der Waals surface area (Å²) in [7, 11) is 1.63. The second kappa shape index (κ2) is 7.04. The Bertz CT molecular complexity index is 665. The molecule has 112 valence electrons. The zero-order valence-electron chi connectivity index (χ0n) is 12.7. The van der Waals surface area contributed by atoms with Gasteiger partial charge < -0.3 is 10.1 Å². The Balaban J connectivity index is 2.30. The number of rotatable bonds is 6. The molecule has 2 aromatic rings. The van der Waals surface area contributed by atoms with Gasteiger partial charge in [-0.3, -0.25) is 4.79 Å². The number of methoxy groups -OCH3 is 1. The fraction of sp³-hybridized carbons (Fsp3) is 0.375. The molecule has 0 unspecified atom stereocenters. The Labute approximate surface area is 124 Å². The SMILES string of the molecule is CCNCc1ccc(OC)c(Cn2ncc(C)cc2=O)c1. The molecule has 5 nitrogen and oxygen atoms in total. The average molecular weight is 287 g/mol. The fourth-order valence-corrected chi connectivity index (χ4v) is 2.14. The van der Waals surface area contributed by atoms with Crippen LogP contribution in [0.1, 0.15) is 23.6 Å². The van der Waals surface area contributed by atoms with Crippen molar-refractivity contribution in [3.8, 4) is 5.75 Å². The zero-order valence-corrected chi connectivity index (χ0v) is 12.7. The molecule has 2 rings (SSSR count). The Morgan fingerprint density at radius 1 is 1.33 bits per heavy atom. The number of hydrogen-bond acceptors (Lipinski definition) is 4. The maximum atomic E-state index is 11.9. The first-order chi connectivity index (χ1) is 10.1. The Morgan fingerprint density at radius 3 is 2.81 bits per heavy atom. The molecule has 0 saturated heterocycles. The normalized spacial score (nSPS) is 10.6. The summed E-state index contributed by atoms with van der Waals surface area (Å²) in [4.78, 5) is 11.9. The van der Waals surface area contributed by atoms with Gasteiger partial charge in [0, 0.05) is 18.2 Å². The molecule has 0 fully saturated rings. The Hall–Kier alpha value is -2.14. The lowest BCUT2D eigenvalue weighted by Crippen LogP contribution is -2.23. The van der Waals surface area contributed by atoms with E-state index in [0.29, 0.717) is 6.54 Å². The smallest absolute Gasteiger partial charge is 0.267 e. The third kappa shape index (κ3) is 3.92. The van der Waals surface area contributed by atoms with E-state index in [1.807, 2.05) is 19.1 Å². The minimum atomic E-state index is -0.103. The van der Waals surface area contributed by atoms with Crippen LogP contribution in [0.4, 0.5) is 0 Å². The molecule has 5 heteroatoms. The molecule has 0 saturated carbocycles. The van der Waals surface area contributed by atoms with Crippen LogP contribution in [-0.2, 0) is 13.1 Å². The van der Waals surface area contributed by atoms with Gasteiger partial charge in [0.05, 0.1) is 19.9 Å². The van der Waals surface area contributed by atoms with Gasteiger partial charge in [-0.2, -0.15) is 5.10 Å². The van der Waals surface area contributed by atoms with E-state index in [0.717, 1.165) is 35.5 Å². The van der Waals surface area contributed by atoms with Gasteiger partial charge in [0.25, 0.3) is 5.56 Å². The van der Waals surface area contributed by atoms with Crippen molar-refractivity contribution >= 4 is 0 Å². The summed E-state index contributed by atoms with van der Waals surface area (Å²) < 4.78 is 6.82. The van der Waals surface area contributed by atoms with Crippen molar-refractivity contribution in [2.45, 2.75) is 26.9 Å². The molecule has 0 radical (unpaired) electrons. The van der Waals surface area contributed by atoms with Crippen molar-refractivity contribution in [1.29, 1.82) is 0 Å². The lowest BCUT2D eigenvalue weighted by molar-refractivity contribution is 0.406. The molecule has 1 heterocycles. The highest BCUT2D eigenvalue weighted by molar-refractivity contribution is 5.37. The minimum Gasteiger partial charge on any atom is -0.496 e. The highest BCUT2D eigenvalue weighted by Gasteiger charge is 2.07. The van der Waals surface area contributed by atoms with Gasteiger partial charge in [-0.05, 0) is 36.7 Å². The van der Waals surface area contributed by atoms with Crippen LogP contribution < -0.4 is 15.6 Å². The van der Waals surface area contributed by atoms with Crippen molar-refractivity contribution in [1.82, 2.24) is 15.1 Å². The maximum Gasteiger partial charge on any atom is 0.267 e. The van der Waals surface area contributed by atoms with E-state index in [9.17, 15) is 4.79 Å². The topological polar surface area (TPSA) is 56.1 Å². The van der Waals surface area contributed by atoms with Gasteiger partial charge in [-0.25, -0.2) is 4.68 Å². The molecule has 0 aliphatic carbocycles. The van der Waals surface area contributed by atoms with E-state index in [4.69, 9.17) is 4.74 Å². The molecule has 0 bridgehead atoms. The standard InChI is InChI=1S/C16H21N3O2/c1-4-17-10-13-5-6-15(21-3)14(8-13)11-19-16(20)7-12(2)9-18-19/h5-9,17H,4,10-11H2,1-3H3. The number of hydrogen-bond donors (Lipinski definition) is 1. The van der Waals surface area contributed by atoms with Gasteiger partial charge >= 0.3 is 0 Å². The third-order valence-electron chi connectivity index (χ3n) is 3.25. The number of nitrogens with one attached hydrogen (secondary N) is 1. The zero-order chi connectivity index (χ0) is 15.2. The molecule has 1 aromatic heterocycles. The molecule has 1 aromatic carbocycles. The second-order valence-corrected chi connectivity index (χ2v) is 4.96. The summed E-state index contributed by atoms with van der Waals surface area (Å²) in [6.45, 7) is 6.04. The number of aromatic nitrogens is 2. The maximum absolute atomic E-state index is 11.9. The predicted octanol–water partition coefficient (Wildman–Crippen LogP) is 1.72. The first-order valence-electron chi connectivity index (χ1n) is 7.04. The minimum absolute atomic E-state index is 0.103.